The first kappa shape index (κ1) is 17.9. The molecule has 2 heterocycles. The van der Waals surface area contributed by atoms with E-state index in [0.717, 1.165) is 29.3 Å². The van der Waals surface area contributed by atoms with Crippen molar-refractivity contribution in [3.8, 4) is 11.4 Å². The van der Waals surface area contributed by atoms with Crippen molar-refractivity contribution < 1.29 is 0 Å². The third kappa shape index (κ3) is 4.17. The molecule has 0 aliphatic rings. The Morgan fingerprint density at radius 1 is 1.00 bits per heavy atom. The van der Waals surface area contributed by atoms with Crippen LogP contribution in [0.4, 0.5) is 17.5 Å². The summed E-state index contributed by atoms with van der Waals surface area (Å²) in [5.74, 6) is 1.35. The van der Waals surface area contributed by atoms with Crippen molar-refractivity contribution in [3.05, 3.63) is 59.8 Å². The molecule has 0 spiro atoms. The number of pyridine rings is 1. The molecule has 0 saturated carbocycles. The fraction of sp³-hybridized carbons (Fsp3) is 0.286. The van der Waals surface area contributed by atoms with Gasteiger partial charge in [-0.25, -0.2) is 4.98 Å². The molecule has 0 unspecified atom stereocenters. The van der Waals surface area contributed by atoms with Gasteiger partial charge in [-0.05, 0) is 50.5 Å². The van der Waals surface area contributed by atoms with Gasteiger partial charge in [-0.1, -0.05) is 31.2 Å². The van der Waals surface area contributed by atoms with Crippen LogP contribution in [0, 0.1) is 6.92 Å². The highest BCUT2D eigenvalue weighted by Crippen LogP contribution is 2.27. The fourth-order valence-electron chi connectivity index (χ4n) is 2.81. The molecular weight excluding hydrogens is 322 g/mol. The smallest absolute Gasteiger partial charge is 0.225 e. The predicted molar refractivity (Wildman–Crippen MR) is 108 cm³/mol. The van der Waals surface area contributed by atoms with Gasteiger partial charge in [0.25, 0.3) is 0 Å². The van der Waals surface area contributed by atoms with Crippen LogP contribution in [0.1, 0.15) is 31.9 Å². The number of aryl methyl sites for hydroxylation is 2. The molecule has 0 fully saturated rings. The lowest BCUT2D eigenvalue weighted by Gasteiger charge is -2.16. The van der Waals surface area contributed by atoms with Gasteiger partial charge in [0.15, 0.2) is 0 Å². The second-order valence-electron chi connectivity index (χ2n) is 6.56. The Morgan fingerprint density at radius 3 is 2.54 bits per heavy atom. The molecule has 3 aromatic rings. The Labute approximate surface area is 154 Å². The zero-order valence-electron chi connectivity index (χ0n) is 15.7. The van der Waals surface area contributed by atoms with Crippen LogP contribution in [-0.2, 0) is 6.42 Å². The number of anilines is 3. The standard InChI is InChI=1S/C21H25N5/c1-5-16-10-8-9-15(4)20(16)25-19-13-18(17-11-6-7-12-22-17)24-21(26-19)23-14(2)3/h6-14H,5H2,1-4H3,(H2,23,24,25,26). The molecule has 0 bridgehead atoms. The summed E-state index contributed by atoms with van der Waals surface area (Å²) in [5.41, 5.74) is 5.18. The largest absolute Gasteiger partial charge is 0.352 e. The summed E-state index contributed by atoms with van der Waals surface area (Å²) in [5, 5.41) is 6.79. The van der Waals surface area contributed by atoms with E-state index in [1.54, 1.807) is 6.20 Å². The first-order valence-corrected chi connectivity index (χ1v) is 8.99. The highest BCUT2D eigenvalue weighted by molar-refractivity contribution is 5.69. The number of nitrogens with zero attached hydrogens (tertiary/aromatic N) is 3. The van der Waals surface area contributed by atoms with Crippen LogP contribution < -0.4 is 10.6 Å². The minimum atomic E-state index is 0.242. The molecule has 2 N–H and O–H groups in total. The molecule has 0 amide bonds. The van der Waals surface area contributed by atoms with Crippen LogP contribution in [0.5, 0.6) is 0 Å². The molecule has 26 heavy (non-hydrogen) atoms. The highest BCUT2D eigenvalue weighted by Gasteiger charge is 2.11. The summed E-state index contributed by atoms with van der Waals surface area (Å²) in [4.78, 5) is 13.7. The minimum Gasteiger partial charge on any atom is -0.352 e. The zero-order valence-corrected chi connectivity index (χ0v) is 15.7. The van der Waals surface area contributed by atoms with Crippen molar-refractivity contribution in [2.75, 3.05) is 10.6 Å². The van der Waals surface area contributed by atoms with Gasteiger partial charge in [-0.15, -0.1) is 0 Å². The van der Waals surface area contributed by atoms with Crippen molar-refractivity contribution in [3.63, 3.8) is 0 Å². The van der Waals surface area contributed by atoms with Gasteiger partial charge in [0.05, 0.1) is 11.4 Å². The van der Waals surface area contributed by atoms with Crippen LogP contribution in [-0.4, -0.2) is 21.0 Å². The van der Waals surface area contributed by atoms with E-state index < -0.39 is 0 Å². The average Bonchev–Trinajstić information content (AvgIpc) is 2.63. The summed E-state index contributed by atoms with van der Waals surface area (Å²) < 4.78 is 0. The quantitative estimate of drug-likeness (QED) is 0.659. The Hall–Kier alpha value is -2.95. The maximum atomic E-state index is 4.65. The Bertz CT molecular complexity index is 875. The lowest BCUT2D eigenvalue weighted by atomic mass is 10.1. The maximum Gasteiger partial charge on any atom is 0.225 e. The molecule has 0 atom stereocenters. The van der Waals surface area contributed by atoms with E-state index in [9.17, 15) is 0 Å². The van der Waals surface area contributed by atoms with E-state index in [-0.39, 0.29) is 6.04 Å². The molecule has 1 aromatic carbocycles. The summed E-state index contributed by atoms with van der Waals surface area (Å²) in [6.45, 7) is 8.40. The first-order chi connectivity index (χ1) is 12.6. The molecule has 3 rings (SSSR count). The molecule has 5 nitrogen and oxygen atoms in total. The van der Waals surface area contributed by atoms with Gasteiger partial charge >= 0.3 is 0 Å². The molecule has 0 aliphatic heterocycles. The fourth-order valence-corrected chi connectivity index (χ4v) is 2.81. The average molecular weight is 347 g/mol. The number of para-hydroxylation sites is 1. The summed E-state index contributed by atoms with van der Waals surface area (Å²) in [7, 11) is 0. The topological polar surface area (TPSA) is 62.7 Å². The van der Waals surface area contributed by atoms with Crippen molar-refractivity contribution in [2.45, 2.75) is 40.2 Å². The van der Waals surface area contributed by atoms with Crippen LogP contribution in [0.3, 0.4) is 0 Å². The third-order valence-electron chi connectivity index (χ3n) is 4.06. The number of nitrogens with one attached hydrogen (secondary N) is 2. The molecule has 2 aromatic heterocycles. The first-order valence-electron chi connectivity index (χ1n) is 8.99. The number of rotatable bonds is 6. The lowest BCUT2D eigenvalue weighted by Crippen LogP contribution is -2.14. The summed E-state index contributed by atoms with van der Waals surface area (Å²) >= 11 is 0. The monoisotopic (exact) mass is 347 g/mol. The zero-order chi connectivity index (χ0) is 18.5. The Kier molecular flexibility index (Phi) is 5.46. The Balaban J connectivity index is 2.04. The normalized spacial score (nSPS) is 10.8. The van der Waals surface area contributed by atoms with Crippen molar-refractivity contribution in [1.29, 1.82) is 0 Å². The second-order valence-corrected chi connectivity index (χ2v) is 6.56. The number of hydrogen-bond acceptors (Lipinski definition) is 5. The van der Waals surface area contributed by atoms with Gasteiger partial charge in [0, 0.05) is 24.0 Å². The Morgan fingerprint density at radius 2 is 1.85 bits per heavy atom. The van der Waals surface area contributed by atoms with Crippen LogP contribution >= 0.6 is 0 Å². The van der Waals surface area contributed by atoms with Crippen molar-refractivity contribution in [1.82, 2.24) is 15.0 Å². The van der Waals surface area contributed by atoms with E-state index in [0.29, 0.717) is 5.95 Å². The third-order valence-corrected chi connectivity index (χ3v) is 4.06. The molecule has 0 saturated heterocycles. The SMILES string of the molecule is CCc1cccc(C)c1Nc1cc(-c2ccccn2)nc(NC(C)C)n1. The lowest BCUT2D eigenvalue weighted by molar-refractivity contribution is 0.875. The van der Waals surface area contributed by atoms with Gasteiger partial charge in [-0.2, -0.15) is 4.98 Å². The minimum absolute atomic E-state index is 0.242. The molecule has 0 radical (unpaired) electrons. The van der Waals surface area contributed by atoms with Gasteiger partial charge < -0.3 is 10.6 Å². The van der Waals surface area contributed by atoms with Gasteiger partial charge in [0.2, 0.25) is 5.95 Å². The van der Waals surface area contributed by atoms with E-state index in [4.69, 9.17) is 0 Å². The predicted octanol–water partition coefficient (Wildman–Crippen LogP) is 4.97. The summed E-state index contributed by atoms with van der Waals surface area (Å²) in [6.07, 6.45) is 2.73. The van der Waals surface area contributed by atoms with Crippen LogP contribution in [0.2, 0.25) is 0 Å². The highest BCUT2D eigenvalue weighted by atomic mass is 15.2. The van der Waals surface area contributed by atoms with E-state index in [2.05, 4.69) is 71.5 Å². The number of aromatic nitrogens is 3. The number of benzene rings is 1. The van der Waals surface area contributed by atoms with Gasteiger partial charge in [0.1, 0.15) is 5.82 Å². The van der Waals surface area contributed by atoms with E-state index >= 15 is 0 Å². The van der Waals surface area contributed by atoms with Crippen molar-refractivity contribution >= 4 is 17.5 Å². The molecule has 0 aliphatic carbocycles. The summed E-state index contributed by atoms with van der Waals surface area (Å²) in [6, 6.07) is 14.3. The second kappa shape index (κ2) is 7.95. The van der Waals surface area contributed by atoms with Crippen molar-refractivity contribution in [2.24, 2.45) is 0 Å². The molecule has 5 heteroatoms. The van der Waals surface area contributed by atoms with Gasteiger partial charge in [-0.3, -0.25) is 4.98 Å². The molecular formula is C21H25N5. The maximum absolute atomic E-state index is 4.65. The van der Waals surface area contributed by atoms with Crippen LogP contribution in [0.15, 0.2) is 48.7 Å². The molecule has 134 valence electrons. The number of hydrogen-bond donors (Lipinski definition) is 2. The van der Waals surface area contributed by atoms with E-state index in [1.807, 2.05) is 24.3 Å². The van der Waals surface area contributed by atoms with E-state index in [1.165, 1.54) is 11.1 Å². The van der Waals surface area contributed by atoms with Crippen LogP contribution in [0.25, 0.3) is 11.4 Å².